The number of oxazole rings is 1. The SMILES string of the molecule is Cc1nc(C(=O)N2c3cccc(O)c3NC3=C([C@@H]2c2ccc(OCc4ccsc4)cc2F)S(=O)(=O)CC(C)(C)C3)c(C)o1. The fourth-order valence-corrected chi connectivity index (χ4v) is 8.82. The first-order chi connectivity index (χ1) is 20.3. The normalized spacial score (nSPS) is 18.8. The number of phenolic OH excluding ortho intramolecular Hbond substituents is 1. The lowest BCUT2D eigenvalue weighted by Crippen LogP contribution is -2.41. The van der Waals surface area contributed by atoms with Crippen molar-refractivity contribution < 1.29 is 31.9 Å². The Bertz CT molecular complexity index is 1880. The van der Waals surface area contributed by atoms with Gasteiger partial charge in [0.2, 0.25) is 0 Å². The zero-order chi connectivity index (χ0) is 30.7. The van der Waals surface area contributed by atoms with Gasteiger partial charge >= 0.3 is 0 Å². The number of aryl methyl sites for hydroxylation is 2. The molecule has 2 aromatic carbocycles. The van der Waals surface area contributed by atoms with E-state index in [9.17, 15) is 18.3 Å². The summed E-state index contributed by atoms with van der Waals surface area (Å²) in [5.41, 5.74) is 0.734. The number of aromatic nitrogens is 1. The molecule has 12 heteroatoms. The number of nitrogens with one attached hydrogen (secondary N) is 1. The van der Waals surface area contributed by atoms with Crippen LogP contribution < -0.4 is 15.0 Å². The summed E-state index contributed by atoms with van der Waals surface area (Å²) in [6, 6.07) is 9.21. The van der Waals surface area contributed by atoms with Crippen molar-refractivity contribution in [2.45, 2.75) is 46.8 Å². The molecule has 1 atom stereocenters. The highest BCUT2D eigenvalue weighted by atomic mass is 32.2. The van der Waals surface area contributed by atoms with E-state index in [2.05, 4.69) is 10.3 Å². The van der Waals surface area contributed by atoms with Crippen molar-refractivity contribution in [2.24, 2.45) is 5.41 Å². The third kappa shape index (κ3) is 5.29. The van der Waals surface area contributed by atoms with Gasteiger partial charge in [0.05, 0.1) is 16.3 Å². The van der Waals surface area contributed by atoms with Crippen LogP contribution in [0.25, 0.3) is 0 Å². The first-order valence-corrected chi connectivity index (χ1v) is 16.2. The van der Waals surface area contributed by atoms with Crippen LogP contribution in [0, 0.1) is 25.1 Å². The monoisotopic (exact) mass is 623 g/mol. The average Bonchev–Trinajstić information content (AvgIpc) is 3.52. The number of para-hydroxylation sites is 1. The predicted octanol–water partition coefficient (Wildman–Crippen LogP) is 6.65. The Morgan fingerprint density at radius 2 is 2.05 bits per heavy atom. The van der Waals surface area contributed by atoms with E-state index in [0.29, 0.717) is 0 Å². The highest BCUT2D eigenvalue weighted by molar-refractivity contribution is 7.95. The van der Waals surface area contributed by atoms with E-state index >= 15 is 4.39 Å². The Hall–Kier alpha value is -4.16. The molecule has 2 aliphatic rings. The van der Waals surface area contributed by atoms with Crippen LogP contribution in [0.5, 0.6) is 11.5 Å². The Kier molecular flexibility index (Phi) is 7.09. The molecule has 2 aliphatic heterocycles. The van der Waals surface area contributed by atoms with Crippen LogP contribution in [0.3, 0.4) is 0 Å². The highest BCUT2D eigenvalue weighted by Crippen LogP contribution is 2.52. The maximum Gasteiger partial charge on any atom is 0.281 e. The minimum absolute atomic E-state index is 0.0505. The molecule has 0 spiro atoms. The number of sulfone groups is 1. The summed E-state index contributed by atoms with van der Waals surface area (Å²) in [7, 11) is -4.06. The molecular weight excluding hydrogens is 593 g/mol. The summed E-state index contributed by atoms with van der Waals surface area (Å²) in [6.45, 7) is 7.05. The standard InChI is InChI=1S/C31H30FN3O6S2/c1-17-26(33-18(2)41-17)30(37)35-24-6-5-7-25(36)27(24)34-23-13-31(3,4)16-43(38,39)29(23)28(35)21-9-8-20(12-22(21)32)40-14-19-10-11-42-15-19/h5-12,15,28,34,36H,13-14,16H2,1-4H3/t28-/m0/s1. The van der Waals surface area contributed by atoms with Gasteiger partial charge in [0.15, 0.2) is 21.4 Å². The summed E-state index contributed by atoms with van der Waals surface area (Å²) in [4.78, 5) is 19.7. The second-order valence-electron chi connectivity index (χ2n) is 11.6. The maximum absolute atomic E-state index is 16.2. The summed E-state index contributed by atoms with van der Waals surface area (Å²) in [5.74, 6) is -1.17. The van der Waals surface area contributed by atoms with Crippen LogP contribution in [-0.4, -0.2) is 30.2 Å². The van der Waals surface area contributed by atoms with E-state index in [1.807, 2.05) is 30.7 Å². The number of benzene rings is 2. The number of carbonyl (C=O) groups is 1. The van der Waals surface area contributed by atoms with Gasteiger partial charge in [-0.15, -0.1) is 0 Å². The molecule has 4 heterocycles. The van der Waals surface area contributed by atoms with Crippen molar-refractivity contribution in [3.05, 3.63) is 98.1 Å². The number of halogens is 1. The van der Waals surface area contributed by atoms with E-state index < -0.39 is 33.0 Å². The lowest BCUT2D eigenvalue weighted by molar-refractivity contribution is 0.0974. The molecule has 0 radical (unpaired) electrons. The summed E-state index contributed by atoms with van der Waals surface area (Å²) >= 11 is 1.52. The van der Waals surface area contributed by atoms with E-state index in [0.717, 1.165) is 5.56 Å². The molecule has 43 heavy (non-hydrogen) atoms. The van der Waals surface area contributed by atoms with Crippen LogP contribution in [0.4, 0.5) is 15.8 Å². The molecule has 0 fully saturated rings. The topological polar surface area (TPSA) is 122 Å². The van der Waals surface area contributed by atoms with Crippen LogP contribution in [0.1, 0.15) is 59.6 Å². The van der Waals surface area contributed by atoms with Gasteiger partial charge in [0, 0.05) is 24.3 Å². The van der Waals surface area contributed by atoms with Gasteiger partial charge in [-0.1, -0.05) is 19.9 Å². The first-order valence-electron chi connectivity index (χ1n) is 13.6. The lowest BCUT2D eigenvalue weighted by Gasteiger charge is -2.37. The number of nitrogens with zero attached hydrogens (tertiary/aromatic N) is 2. The minimum atomic E-state index is -4.06. The Morgan fingerprint density at radius 3 is 2.72 bits per heavy atom. The Labute approximate surface area is 252 Å². The molecule has 0 saturated carbocycles. The smallest absolute Gasteiger partial charge is 0.281 e. The van der Waals surface area contributed by atoms with E-state index in [1.54, 1.807) is 26.0 Å². The average molecular weight is 624 g/mol. The second-order valence-corrected chi connectivity index (χ2v) is 14.3. The van der Waals surface area contributed by atoms with Crippen molar-refractivity contribution >= 4 is 38.5 Å². The maximum atomic E-state index is 16.2. The van der Waals surface area contributed by atoms with Gasteiger partial charge < -0.3 is 19.6 Å². The van der Waals surface area contributed by atoms with Crippen molar-refractivity contribution in [2.75, 3.05) is 16.0 Å². The molecule has 1 amide bonds. The molecule has 4 aromatic rings. The first kappa shape index (κ1) is 28.9. The molecular formula is C31H30FN3O6S2. The summed E-state index contributed by atoms with van der Waals surface area (Å²) in [5, 5.41) is 17.9. The number of fused-ring (bicyclic) bond motifs is 1. The molecule has 0 bridgehead atoms. The number of anilines is 2. The summed E-state index contributed by atoms with van der Waals surface area (Å²) in [6.07, 6.45) is 0.277. The van der Waals surface area contributed by atoms with Crippen molar-refractivity contribution in [3.63, 3.8) is 0 Å². The third-order valence-corrected chi connectivity index (χ3v) is 10.5. The van der Waals surface area contributed by atoms with Crippen molar-refractivity contribution in [3.8, 4) is 11.5 Å². The Balaban J connectivity index is 1.59. The van der Waals surface area contributed by atoms with Gasteiger partial charge in [-0.3, -0.25) is 9.69 Å². The van der Waals surface area contributed by atoms with Gasteiger partial charge in [0.25, 0.3) is 5.91 Å². The quantitative estimate of drug-likeness (QED) is 0.237. The van der Waals surface area contributed by atoms with E-state index in [4.69, 9.17) is 9.15 Å². The van der Waals surface area contributed by atoms with Crippen LogP contribution >= 0.6 is 11.3 Å². The number of hydrogen-bond donors (Lipinski definition) is 2. The lowest BCUT2D eigenvalue weighted by atomic mass is 9.88. The van der Waals surface area contributed by atoms with Gasteiger partial charge in [-0.2, -0.15) is 11.3 Å². The third-order valence-electron chi connectivity index (χ3n) is 7.51. The highest BCUT2D eigenvalue weighted by Gasteiger charge is 2.48. The van der Waals surface area contributed by atoms with Gasteiger partial charge in [-0.05, 0) is 65.4 Å². The largest absolute Gasteiger partial charge is 0.506 e. The van der Waals surface area contributed by atoms with E-state index in [1.165, 1.54) is 40.5 Å². The number of rotatable bonds is 5. The molecule has 6 rings (SSSR count). The molecule has 0 aliphatic carbocycles. The molecule has 0 saturated heterocycles. The number of ether oxygens (including phenoxy) is 1. The van der Waals surface area contributed by atoms with Crippen LogP contribution in [-0.2, 0) is 16.4 Å². The zero-order valence-corrected chi connectivity index (χ0v) is 25.6. The Morgan fingerprint density at radius 1 is 1.26 bits per heavy atom. The fourth-order valence-electron chi connectivity index (χ4n) is 5.81. The fraction of sp³-hybridized carbons (Fsp3) is 0.290. The minimum Gasteiger partial charge on any atom is -0.506 e. The van der Waals surface area contributed by atoms with Crippen LogP contribution in [0.2, 0.25) is 0 Å². The molecule has 224 valence electrons. The van der Waals surface area contributed by atoms with Crippen LogP contribution in [0.15, 0.2) is 68.2 Å². The number of allylic oxidation sites excluding steroid dienone is 1. The number of carbonyl (C=O) groups excluding carboxylic acids is 1. The van der Waals surface area contributed by atoms with Crippen molar-refractivity contribution in [1.29, 1.82) is 0 Å². The molecule has 0 unspecified atom stereocenters. The van der Waals surface area contributed by atoms with Crippen molar-refractivity contribution in [1.82, 2.24) is 4.98 Å². The number of thiophene rings is 1. The van der Waals surface area contributed by atoms with Gasteiger partial charge in [0.1, 0.15) is 41.4 Å². The number of aromatic hydroxyl groups is 1. The molecule has 2 N–H and O–H groups in total. The number of phenols is 1. The molecule has 2 aromatic heterocycles. The van der Waals surface area contributed by atoms with E-state index in [-0.39, 0.29) is 75.2 Å². The molecule has 9 nitrogen and oxygen atoms in total. The summed E-state index contributed by atoms with van der Waals surface area (Å²) < 4.78 is 55.8. The number of hydrogen-bond acceptors (Lipinski definition) is 9. The predicted molar refractivity (Wildman–Crippen MR) is 162 cm³/mol. The second kappa shape index (κ2) is 10.5. The number of amides is 1. The zero-order valence-electron chi connectivity index (χ0n) is 24.0. The van der Waals surface area contributed by atoms with Gasteiger partial charge in [-0.25, -0.2) is 17.8 Å².